The number of rotatable bonds is 6. The van der Waals surface area contributed by atoms with Crippen LogP contribution in [0.15, 0.2) is 40.5 Å². The Bertz CT molecular complexity index is 619. The minimum absolute atomic E-state index is 0.0989. The lowest BCUT2D eigenvalue weighted by Crippen LogP contribution is -2.36. The normalized spacial score (nSPS) is 11.1. The molecule has 1 rings (SSSR count). The summed E-state index contributed by atoms with van der Waals surface area (Å²) < 4.78 is 0.528. The summed E-state index contributed by atoms with van der Waals surface area (Å²) in [4.78, 5) is 10.5. The van der Waals surface area contributed by atoms with E-state index in [2.05, 4.69) is 26.4 Å². The Kier molecular flexibility index (Phi) is 8.80. The summed E-state index contributed by atoms with van der Waals surface area (Å²) in [6.45, 7) is -0.292. The van der Waals surface area contributed by atoms with Crippen LogP contribution in [-0.2, 0) is 4.79 Å². The number of carbonyl (C=O) groups is 1. The maximum absolute atomic E-state index is 10.5. The fourth-order valence-electron chi connectivity index (χ4n) is 1.28. The molecular weight excluding hydrogens is 354 g/mol. The first-order chi connectivity index (χ1) is 11.0. The van der Waals surface area contributed by atoms with Crippen LogP contribution < -0.4 is 16.2 Å². The summed E-state index contributed by atoms with van der Waals surface area (Å²) in [6, 6.07) is 9.31. The Balaban J connectivity index is 2.78. The lowest BCUT2D eigenvalue weighted by atomic mass is 10.1. The van der Waals surface area contributed by atoms with Crippen molar-refractivity contribution in [1.29, 1.82) is 0 Å². The molecule has 0 aliphatic carbocycles. The molecule has 1 aromatic carbocycles. The summed E-state index contributed by atoms with van der Waals surface area (Å²) in [7, 11) is 0. The monoisotopic (exact) mass is 369 g/mol. The second kappa shape index (κ2) is 10.6. The number of nitrogens with one attached hydrogen (secondary N) is 3. The molecule has 0 bridgehead atoms. The molecule has 4 N–H and O–H groups in total. The number of hydrogen-bond acceptors (Lipinski definition) is 6. The zero-order valence-electron chi connectivity index (χ0n) is 12.1. The molecule has 122 valence electrons. The maximum atomic E-state index is 10.5. The third-order valence-electron chi connectivity index (χ3n) is 2.28. The maximum Gasteiger partial charge on any atom is 0.322 e. The van der Waals surface area contributed by atoms with Crippen molar-refractivity contribution in [2.75, 3.05) is 12.8 Å². The number of carboxylic acids is 1. The quantitative estimate of drug-likeness (QED) is 0.337. The molecule has 0 spiro atoms. The van der Waals surface area contributed by atoms with Gasteiger partial charge in [0.15, 0.2) is 9.43 Å². The topological polar surface area (TPSA) is 98.1 Å². The second-order valence-corrected chi connectivity index (χ2v) is 5.80. The van der Waals surface area contributed by atoms with Gasteiger partial charge in [0, 0.05) is 5.56 Å². The lowest BCUT2D eigenvalue weighted by Gasteiger charge is -2.06. The van der Waals surface area contributed by atoms with Crippen LogP contribution in [0.3, 0.4) is 0 Å². The van der Waals surface area contributed by atoms with Crippen molar-refractivity contribution < 1.29 is 9.90 Å². The van der Waals surface area contributed by atoms with Crippen molar-refractivity contribution in [3.63, 3.8) is 0 Å². The lowest BCUT2D eigenvalue weighted by molar-refractivity contribution is -0.135. The molecular formula is C13H15N5O2S3. The summed E-state index contributed by atoms with van der Waals surface area (Å²) in [5.74, 6) is -1.02. The summed E-state index contributed by atoms with van der Waals surface area (Å²) in [5.41, 5.74) is 6.57. The van der Waals surface area contributed by atoms with Crippen LogP contribution >= 0.6 is 36.2 Å². The van der Waals surface area contributed by atoms with Crippen LogP contribution in [0.5, 0.6) is 0 Å². The fourth-order valence-corrected chi connectivity index (χ4v) is 1.59. The molecule has 0 aliphatic heterocycles. The molecule has 23 heavy (non-hydrogen) atoms. The molecule has 10 heteroatoms. The van der Waals surface area contributed by atoms with Crippen molar-refractivity contribution in [2.24, 2.45) is 10.2 Å². The number of thiocarbonyl (C=S) groups is 2. The minimum atomic E-state index is -1.02. The molecule has 0 aliphatic rings. The number of nitrogens with zero attached hydrogens (tertiary/aromatic N) is 2. The summed E-state index contributed by atoms with van der Waals surface area (Å²) >= 11 is 11.3. The van der Waals surface area contributed by atoms with Crippen molar-refractivity contribution in [3.05, 3.63) is 35.9 Å². The zero-order valence-corrected chi connectivity index (χ0v) is 14.6. The van der Waals surface area contributed by atoms with Crippen LogP contribution in [0.2, 0.25) is 0 Å². The van der Waals surface area contributed by atoms with E-state index in [0.29, 0.717) is 10.0 Å². The van der Waals surface area contributed by atoms with Gasteiger partial charge in [-0.05, 0) is 18.5 Å². The average Bonchev–Trinajstić information content (AvgIpc) is 2.56. The molecule has 0 fully saturated rings. The van der Waals surface area contributed by atoms with Gasteiger partial charge in [-0.3, -0.25) is 15.6 Å². The van der Waals surface area contributed by atoms with E-state index in [4.69, 9.17) is 29.5 Å². The number of aliphatic carboxylic acids is 1. The van der Waals surface area contributed by atoms with Crippen LogP contribution in [0.4, 0.5) is 0 Å². The highest BCUT2D eigenvalue weighted by atomic mass is 32.2. The highest BCUT2D eigenvalue weighted by Gasteiger charge is 2.02. The van der Waals surface area contributed by atoms with Gasteiger partial charge < -0.3 is 10.4 Å². The van der Waals surface area contributed by atoms with Gasteiger partial charge in [0.1, 0.15) is 12.3 Å². The Hall–Kier alpha value is -2.04. The van der Waals surface area contributed by atoms with Crippen molar-refractivity contribution in [1.82, 2.24) is 16.2 Å². The average molecular weight is 369 g/mol. The van der Waals surface area contributed by atoms with E-state index in [-0.39, 0.29) is 11.7 Å². The smallest absolute Gasteiger partial charge is 0.322 e. The largest absolute Gasteiger partial charge is 0.480 e. The molecule has 0 saturated carbocycles. The molecule has 7 nitrogen and oxygen atoms in total. The molecule has 0 radical (unpaired) electrons. The van der Waals surface area contributed by atoms with E-state index in [1.807, 2.05) is 36.6 Å². The van der Waals surface area contributed by atoms with Gasteiger partial charge in [-0.1, -0.05) is 54.3 Å². The first-order valence-corrected chi connectivity index (χ1v) is 8.33. The van der Waals surface area contributed by atoms with Gasteiger partial charge in [-0.15, -0.1) is 0 Å². The Morgan fingerprint density at radius 2 is 2.00 bits per heavy atom. The molecule has 1 aromatic rings. The van der Waals surface area contributed by atoms with Crippen LogP contribution in [-0.4, -0.2) is 45.2 Å². The van der Waals surface area contributed by atoms with Crippen LogP contribution in [0.25, 0.3) is 0 Å². The van der Waals surface area contributed by atoms with E-state index in [1.165, 1.54) is 18.0 Å². The summed E-state index contributed by atoms with van der Waals surface area (Å²) in [6.07, 6.45) is 3.33. The SMILES string of the molecule is CSC(=S)N/N=C/C(=N/NC(=S)NCC(=O)O)c1ccccc1. The van der Waals surface area contributed by atoms with Gasteiger partial charge in [0.2, 0.25) is 0 Å². The number of carboxylic acid groups (broad SMARTS) is 1. The predicted molar refractivity (Wildman–Crippen MR) is 102 cm³/mol. The van der Waals surface area contributed by atoms with Gasteiger partial charge >= 0.3 is 5.97 Å². The zero-order chi connectivity index (χ0) is 17.1. The molecule has 0 atom stereocenters. The van der Waals surface area contributed by atoms with E-state index in [9.17, 15) is 4.79 Å². The summed E-state index contributed by atoms with van der Waals surface area (Å²) in [5, 5.41) is 19.3. The van der Waals surface area contributed by atoms with Gasteiger partial charge in [0.05, 0.1) is 6.21 Å². The van der Waals surface area contributed by atoms with E-state index in [0.717, 1.165) is 5.56 Å². The molecule has 0 heterocycles. The predicted octanol–water partition coefficient (Wildman–Crippen LogP) is 1.16. The van der Waals surface area contributed by atoms with Gasteiger partial charge in [-0.25, -0.2) is 0 Å². The van der Waals surface area contributed by atoms with Crippen molar-refractivity contribution >= 4 is 63.5 Å². The highest BCUT2D eigenvalue weighted by Crippen LogP contribution is 2.00. The Morgan fingerprint density at radius 1 is 1.30 bits per heavy atom. The highest BCUT2D eigenvalue weighted by molar-refractivity contribution is 8.22. The van der Waals surface area contributed by atoms with Crippen molar-refractivity contribution in [3.8, 4) is 0 Å². The number of hydrazone groups is 2. The standard InChI is InChI=1S/C13H15N5O2S3/c1-23-13(22)18-15-7-10(9-5-3-2-4-6-9)16-17-12(21)14-8-11(19)20/h2-7H,8H2,1H3,(H,18,22)(H,19,20)(H2,14,17,21)/b15-7+,16-10-. The number of thioether (sulfide) groups is 1. The molecule has 0 saturated heterocycles. The van der Waals surface area contributed by atoms with Gasteiger partial charge in [0.25, 0.3) is 0 Å². The molecule has 0 unspecified atom stereocenters. The van der Waals surface area contributed by atoms with E-state index >= 15 is 0 Å². The fraction of sp³-hybridized carbons (Fsp3) is 0.154. The van der Waals surface area contributed by atoms with E-state index < -0.39 is 5.97 Å². The number of hydrogen-bond donors (Lipinski definition) is 4. The third kappa shape index (κ3) is 8.24. The Morgan fingerprint density at radius 3 is 2.61 bits per heavy atom. The van der Waals surface area contributed by atoms with Crippen molar-refractivity contribution in [2.45, 2.75) is 0 Å². The van der Waals surface area contributed by atoms with Crippen LogP contribution in [0.1, 0.15) is 5.56 Å². The molecule has 0 aromatic heterocycles. The van der Waals surface area contributed by atoms with E-state index in [1.54, 1.807) is 0 Å². The minimum Gasteiger partial charge on any atom is -0.480 e. The second-order valence-electron chi connectivity index (χ2n) is 3.91. The Labute approximate surface area is 148 Å². The van der Waals surface area contributed by atoms with Crippen LogP contribution in [0, 0.1) is 0 Å². The number of benzene rings is 1. The third-order valence-corrected chi connectivity index (χ3v) is 3.56. The molecule has 0 amide bonds. The van der Waals surface area contributed by atoms with Gasteiger partial charge in [-0.2, -0.15) is 10.2 Å². The first kappa shape index (κ1) is 19.0. The first-order valence-electron chi connectivity index (χ1n) is 6.28.